The van der Waals surface area contributed by atoms with Gasteiger partial charge in [0.15, 0.2) is 0 Å². The summed E-state index contributed by atoms with van der Waals surface area (Å²) < 4.78 is 0. The second-order valence-corrected chi connectivity index (χ2v) is 5.49. The Morgan fingerprint density at radius 2 is 1.79 bits per heavy atom. The van der Waals surface area contributed by atoms with Crippen molar-refractivity contribution in [3.05, 3.63) is 29.3 Å². The van der Waals surface area contributed by atoms with Crippen LogP contribution in [0.1, 0.15) is 45.7 Å². The van der Waals surface area contributed by atoms with Crippen molar-refractivity contribution in [1.29, 1.82) is 0 Å². The Morgan fingerprint density at radius 1 is 1.16 bits per heavy atom. The zero-order valence-corrected chi connectivity index (χ0v) is 12.6. The molecule has 0 aliphatic rings. The third-order valence-electron chi connectivity index (χ3n) is 2.97. The molecule has 1 rings (SSSR count). The smallest absolute Gasteiger partial charge is 0.0889 e. The third-order valence-corrected chi connectivity index (χ3v) is 2.97. The summed E-state index contributed by atoms with van der Waals surface area (Å²) in [6.07, 6.45) is 5.51. The van der Waals surface area contributed by atoms with Gasteiger partial charge in [-0.15, -0.1) is 11.5 Å². The topological polar surface area (TPSA) is 28.0 Å². The number of benzene rings is 1. The van der Waals surface area contributed by atoms with Crippen molar-refractivity contribution in [2.75, 3.05) is 13.1 Å². The minimum atomic E-state index is 0.0479. The maximum atomic E-state index is 5.51. The second-order valence-electron chi connectivity index (χ2n) is 5.49. The van der Waals surface area contributed by atoms with E-state index in [2.05, 4.69) is 50.9 Å². The van der Waals surface area contributed by atoms with Gasteiger partial charge in [-0.2, -0.15) is 0 Å². The van der Waals surface area contributed by atoms with Crippen molar-refractivity contribution in [1.82, 2.24) is 5.01 Å². The summed E-state index contributed by atoms with van der Waals surface area (Å²) in [6.45, 7) is 12.3. The first-order chi connectivity index (χ1) is 8.90. The van der Waals surface area contributed by atoms with Gasteiger partial charge in [0.05, 0.1) is 5.69 Å². The van der Waals surface area contributed by atoms with Gasteiger partial charge in [0.25, 0.3) is 0 Å². The molecule has 0 heterocycles. The van der Waals surface area contributed by atoms with Gasteiger partial charge in [0, 0.05) is 18.7 Å². The van der Waals surface area contributed by atoms with Crippen LogP contribution in [0.4, 0.5) is 5.69 Å². The summed E-state index contributed by atoms with van der Waals surface area (Å²) in [5.74, 6) is 2.68. The molecule has 0 N–H and O–H groups in total. The summed E-state index contributed by atoms with van der Waals surface area (Å²) in [5, 5.41) is 10.4. The molecule has 0 unspecified atom stereocenters. The molecule has 0 saturated carbocycles. The summed E-state index contributed by atoms with van der Waals surface area (Å²) in [4.78, 5) is 0. The van der Waals surface area contributed by atoms with Crippen molar-refractivity contribution in [3.63, 3.8) is 0 Å². The van der Waals surface area contributed by atoms with Crippen molar-refractivity contribution in [3.8, 4) is 12.3 Å². The lowest BCUT2D eigenvalue weighted by Gasteiger charge is -2.19. The van der Waals surface area contributed by atoms with Gasteiger partial charge in [-0.3, -0.25) is 5.01 Å². The lowest BCUT2D eigenvalue weighted by molar-refractivity contribution is 0.300. The number of hydrogen-bond acceptors (Lipinski definition) is 2. The lowest BCUT2D eigenvalue weighted by Crippen LogP contribution is -2.14. The van der Waals surface area contributed by atoms with Gasteiger partial charge in [0.1, 0.15) is 0 Å². The Morgan fingerprint density at radius 3 is 2.26 bits per heavy atom. The van der Waals surface area contributed by atoms with Crippen molar-refractivity contribution >= 4 is 5.69 Å². The maximum Gasteiger partial charge on any atom is 0.0889 e. The van der Waals surface area contributed by atoms with Crippen LogP contribution in [0.25, 0.3) is 0 Å². The number of terminal acetylenes is 1. The fourth-order valence-corrected chi connectivity index (χ4v) is 1.65. The predicted molar refractivity (Wildman–Crippen MR) is 80.5 cm³/mol. The van der Waals surface area contributed by atoms with E-state index in [4.69, 9.17) is 6.42 Å². The van der Waals surface area contributed by atoms with Gasteiger partial charge in [-0.25, -0.2) is 0 Å². The minimum absolute atomic E-state index is 0.0479. The van der Waals surface area contributed by atoms with Crippen LogP contribution >= 0.6 is 0 Å². The molecule has 0 aromatic heterocycles. The largest absolute Gasteiger partial charge is 0.279 e. The van der Waals surface area contributed by atoms with Crippen LogP contribution < -0.4 is 0 Å². The Balaban J connectivity index is 3.12. The van der Waals surface area contributed by atoms with Gasteiger partial charge in [-0.05, 0) is 43.0 Å². The maximum absolute atomic E-state index is 5.51. The molecular formula is C16H23N3. The monoisotopic (exact) mass is 257 g/mol. The van der Waals surface area contributed by atoms with Crippen LogP contribution in [0, 0.1) is 12.3 Å². The zero-order chi connectivity index (χ0) is 14.5. The molecule has 3 heteroatoms. The quantitative estimate of drug-likeness (QED) is 0.449. The average molecular weight is 257 g/mol. The Hall–Kier alpha value is -1.82. The molecule has 0 bridgehead atoms. The normalized spacial score (nSPS) is 11.6. The van der Waals surface area contributed by atoms with E-state index in [1.54, 1.807) is 0 Å². The first-order valence-corrected chi connectivity index (χ1v) is 6.69. The van der Waals surface area contributed by atoms with Gasteiger partial charge >= 0.3 is 0 Å². The van der Waals surface area contributed by atoms with Crippen molar-refractivity contribution in [2.24, 2.45) is 10.3 Å². The van der Waals surface area contributed by atoms with Crippen molar-refractivity contribution < 1.29 is 0 Å². The van der Waals surface area contributed by atoms with E-state index in [1.165, 1.54) is 5.56 Å². The average Bonchev–Trinajstić information content (AvgIpc) is 2.38. The molecule has 0 aliphatic heterocycles. The Bertz CT molecular complexity index is 486. The SMILES string of the molecule is C#Cc1cc(N=NN(CC)CC)cc(C(C)(C)C)c1. The van der Waals surface area contributed by atoms with Crippen LogP contribution in [0.5, 0.6) is 0 Å². The molecule has 1 aromatic rings. The van der Waals surface area contributed by atoms with E-state index in [9.17, 15) is 0 Å². The van der Waals surface area contributed by atoms with E-state index < -0.39 is 0 Å². The van der Waals surface area contributed by atoms with Crippen LogP contribution in [-0.2, 0) is 5.41 Å². The molecule has 0 spiro atoms. The first kappa shape index (κ1) is 15.2. The molecule has 0 fully saturated rings. The first-order valence-electron chi connectivity index (χ1n) is 6.69. The molecule has 19 heavy (non-hydrogen) atoms. The van der Waals surface area contributed by atoms with Gasteiger partial charge < -0.3 is 0 Å². The highest BCUT2D eigenvalue weighted by molar-refractivity contribution is 5.50. The fourth-order valence-electron chi connectivity index (χ4n) is 1.65. The highest BCUT2D eigenvalue weighted by atomic mass is 15.5. The van der Waals surface area contributed by atoms with Gasteiger partial charge in [0.2, 0.25) is 0 Å². The predicted octanol–water partition coefficient (Wildman–Crippen LogP) is 4.31. The molecule has 0 atom stereocenters. The minimum Gasteiger partial charge on any atom is -0.279 e. The highest BCUT2D eigenvalue weighted by Crippen LogP contribution is 2.27. The molecule has 0 aliphatic carbocycles. The number of rotatable bonds is 4. The Kier molecular flexibility index (Phi) is 5.11. The van der Waals surface area contributed by atoms with Crippen LogP contribution in [-0.4, -0.2) is 18.1 Å². The van der Waals surface area contributed by atoms with Crippen LogP contribution in [0.2, 0.25) is 0 Å². The molecule has 3 nitrogen and oxygen atoms in total. The van der Waals surface area contributed by atoms with Gasteiger partial charge in [-0.1, -0.05) is 31.9 Å². The standard InChI is InChI=1S/C16H23N3/c1-7-13-10-14(16(4,5)6)12-15(11-13)17-18-19(8-2)9-3/h1,10-12H,8-9H2,2-6H3. The van der Waals surface area contributed by atoms with E-state index in [-0.39, 0.29) is 5.41 Å². The highest BCUT2D eigenvalue weighted by Gasteiger charge is 2.15. The molecule has 102 valence electrons. The number of nitrogens with zero attached hydrogens (tertiary/aromatic N) is 3. The molecule has 1 aromatic carbocycles. The Labute approximate surface area is 116 Å². The molecule has 0 radical (unpaired) electrons. The van der Waals surface area contributed by atoms with E-state index in [1.807, 2.05) is 23.2 Å². The molecular weight excluding hydrogens is 234 g/mol. The van der Waals surface area contributed by atoms with Crippen LogP contribution in [0.15, 0.2) is 28.5 Å². The van der Waals surface area contributed by atoms with E-state index in [0.717, 1.165) is 24.3 Å². The second kappa shape index (κ2) is 6.38. The summed E-state index contributed by atoms with van der Waals surface area (Å²) >= 11 is 0. The summed E-state index contributed by atoms with van der Waals surface area (Å²) in [7, 11) is 0. The van der Waals surface area contributed by atoms with Crippen LogP contribution in [0.3, 0.4) is 0 Å². The van der Waals surface area contributed by atoms with E-state index >= 15 is 0 Å². The fraction of sp³-hybridized carbons (Fsp3) is 0.500. The summed E-state index contributed by atoms with van der Waals surface area (Å²) in [5.41, 5.74) is 2.89. The summed E-state index contributed by atoms with van der Waals surface area (Å²) in [6, 6.07) is 5.98. The van der Waals surface area contributed by atoms with E-state index in [0.29, 0.717) is 0 Å². The number of hydrogen-bond donors (Lipinski definition) is 0. The lowest BCUT2D eigenvalue weighted by atomic mass is 9.86. The molecule has 0 saturated heterocycles. The zero-order valence-electron chi connectivity index (χ0n) is 12.6. The third kappa shape index (κ3) is 4.40. The molecule has 0 amide bonds. The van der Waals surface area contributed by atoms with Crippen molar-refractivity contribution in [2.45, 2.75) is 40.0 Å².